The molecule has 146 valence electrons. The van der Waals surface area contributed by atoms with Gasteiger partial charge in [0.15, 0.2) is 0 Å². The SMILES string of the molecule is CCc1ccccc1NC(=O)c1cc(C(=O)N2CCN(C(C)=O)CC2)ccn1. The molecule has 1 aliphatic heterocycles. The zero-order valence-corrected chi connectivity index (χ0v) is 16.1. The van der Waals surface area contributed by atoms with Gasteiger partial charge in [-0.15, -0.1) is 0 Å². The summed E-state index contributed by atoms with van der Waals surface area (Å²) in [5, 5.41) is 2.87. The summed E-state index contributed by atoms with van der Waals surface area (Å²) in [6.07, 6.45) is 2.27. The molecule has 7 nitrogen and oxygen atoms in total. The Kier molecular flexibility index (Phi) is 6.03. The number of aromatic nitrogens is 1. The van der Waals surface area contributed by atoms with Crippen LogP contribution in [0.15, 0.2) is 42.6 Å². The Morgan fingerprint density at radius 2 is 1.71 bits per heavy atom. The molecule has 1 aromatic heterocycles. The highest BCUT2D eigenvalue weighted by molar-refractivity contribution is 6.05. The lowest BCUT2D eigenvalue weighted by atomic mass is 10.1. The number of hydrogen-bond acceptors (Lipinski definition) is 4. The summed E-state index contributed by atoms with van der Waals surface area (Å²) in [6, 6.07) is 10.7. The molecule has 1 aliphatic rings. The third-order valence-corrected chi connectivity index (χ3v) is 4.90. The topological polar surface area (TPSA) is 82.6 Å². The van der Waals surface area contributed by atoms with Gasteiger partial charge in [-0.2, -0.15) is 0 Å². The van der Waals surface area contributed by atoms with Crippen molar-refractivity contribution in [3.8, 4) is 0 Å². The number of pyridine rings is 1. The fourth-order valence-corrected chi connectivity index (χ4v) is 3.23. The predicted molar refractivity (Wildman–Crippen MR) is 106 cm³/mol. The van der Waals surface area contributed by atoms with Crippen LogP contribution in [0.3, 0.4) is 0 Å². The summed E-state index contributed by atoms with van der Waals surface area (Å²) in [6.45, 7) is 5.55. The molecular weight excluding hydrogens is 356 g/mol. The van der Waals surface area contributed by atoms with Crippen molar-refractivity contribution in [2.45, 2.75) is 20.3 Å². The lowest BCUT2D eigenvalue weighted by Crippen LogP contribution is -2.50. The van der Waals surface area contributed by atoms with Gasteiger partial charge in [-0.1, -0.05) is 25.1 Å². The molecule has 2 heterocycles. The van der Waals surface area contributed by atoms with Gasteiger partial charge in [0, 0.05) is 50.6 Å². The monoisotopic (exact) mass is 380 g/mol. The number of nitrogens with zero attached hydrogens (tertiary/aromatic N) is 3. The van der Waals surface area contributed by atoms with Crippen LogP contribution in [0.1, 0.15) is 40.3 Å². The van der Waals surface area contributed by atoms with Gasteiger partial charge in [0.25, 0.3) is 11.8 Å². The van der Waals surface area contributed by atoms with E-state index in [4.69, 9.17) is 0 Å². The average Bonchev–Trinajstić information content (AvgIpc) is 2.73. The highest BCUT2D eigenvalue weighted by Gasteiger charge is 2.24. The van der Waals surface area contributed by atoms with Gasteiger partial charge in [-0.05, 0) is 30.2 Å². The van der Waals surface area contributed by atoms with Gasteiger partial charge >= 0.3 is 0 Å². The van der Waals surface area contributed by atoms with E-state index in [9.17, 15) is 14.4 Å². The minimum absolute atomic E-state index is 0.0160. The quantitative estimate of drug-likeness (QED) is 0.882. The molecule has 0 spiro atoms. The summed E-state index contributed by atoms with van der Waals surface area (Å²) >= 11 is 0. The molecule has 3 rings (SSSR count). The number of aryl methyl sites for hydroxylation is 1. The zero-order valence-electron chi connectivity index (χ0n) is 16.1. The number of nitrogens with one attached hydrogen (secondary N) is 1. The molecule has 0 atom stereocenters. The number of carbonyl (C=O) groups excluding carboxylic acids is 3. The standard InChI is InChI=1S/C21H24N4O3/c1-3-16-6-4-5-7-18(16)23-20(27)19-14-17(8-9-22-19)21(28)25-12-10-24(11-13-25)15(2)26/h4-9,14H,3,10-13H2,1-2H3,(H,23,27). The summed E-state index contributed by atoms with van der Waals surface area (Å²) < 4.78 is 0. The molecule has 0 saturated carbocycles. The van der Waals surface area contributed by atoms with E-state index >= 15 is 0 Å². The van der Waals surface area contributed by atoms with E-state index in [2.05, 4.69) is 10.3 Å². The maximum Gasteiger partial charge on any atom is 0.274 e. The summed E-state index contributed by atoms with van der Waals surface area (Å²) in [5.41, 5.74) is 2.39. The summed E-state index contributed by atoms with van der Waals surface area (Å²) in [4.78, 5) is 44.3. The first-order chi connectivity index (χ1) is 13.5. The molecule has 0 aliphatic carbocycles. The molecule has 0 radical (unpaired) electrons. The highest BCUT2D eigenvalue weighted by atomic mass is 16.2. The van der Waals surface area contributed by atoms with Gasteiger partial charge in [0.2, 0.25) is 5.91 Å². The molecular formula is C21H24N4O3. The number of benzene rings is 1. The van der Waals surface area contributed by atoms with Crippen molar-refractivity contribution in [3.63, 3.8) is 0 Å². The molecule has 0 unspecified atom stereocenters. The minimum Gasteiger partial charge on any atom is -0.339 e. The molecule has 1 fully saturated rings. The van der Waals surface area contributed by atoms with Crippen LogP contribution in [-0.2, 0) is 11.2 Å². The Morgan fingerprint density at radius 1 is 1.04 bits per heavy atom. The number of amides is 3. The van der Waals surface area contributed by atoms with Gasteiger partial charge in [-0.25, -0.2) is 0 Å². The molecule has 7 heteroatoms. The number of anilines is 1. The van der Waals surface area contributed by atoms with Crippen molar-refractivity contribution in [1.82, 2.24) is 14.8 Å². The van der Waals surface area contributed by atoms with E-state index in [-0.39, 0.29) is 23.4 Å². The van der Waals surface area contributed by atoms with Gasteiger partial charge < -0.3 is 15.1 Å². The van der Waals surface area contributed by atoms with Crippen molar-refractivity contribution in [3.05, 3.63) is 59.4 Å². The Hall–Kier alpha value is -3.22. The second-order valence-corrected chi connectivity index (χ2v) is 6.69. The van der Waals surface area contributed by atoms with Crippen LogP contribution in [0.5, 0.6) is 0 Å². The van der Waals surface area contributed by atoms with E-state index < -0.39 is 0 Å². The molecule has 2 aromatic rings. The first kappa shape index (κ1) is 19.5. The lowest BCUT2D eigenvalue weighted by molar-refractivity contribution is -0.130. The first-order valence-corrected chi connectivity index (χ1v) is 9.39. The fraction of sp³-hybridized carbons (Fsp3) is 0.333. The molecule has 28 heavy (non-hydrogen) atoms. The van der Waals surface area contributed by atoms with E-state index in [1.165, 1.54) is 19.2 Å². The third-order valence-electron chi connectivity index (χ3n) is 4.90. The van der Waals surface area contributed by atoms with Gasteiger partial charge in [0.1, 0.15) is 5.69 Å². The lowest BCUT2D eigenvalue weighted by Gasteiger charge is -2.34. The Balaban J connectivity index is 1.70. The van der Waals surface area contributed by atoms with Gasteiger partial charge in [0.05, 0.1) is 0 Å². The van der Waals surface area contributed by atoms with Crippen molar-refractivity contribution in [2.24, 2.45) is 0 Å². The maximum atomic E-state index is 12.8. The second kappa shape index (κ2) is 8.65. The molecule has 1 saturated heterocycles. The first-order valence-electron chi connectivity index (χ1n) is 9.39. The molecule has 1 aromatic carbocycles. The van der Waals surface area contributed by atoms with Crippen LogP contribution in [0.2, 0.25) is 0 Å². The fourth-order valence-electron chi connectivity index (χ4n) is 3.23. The van der Waals surface area contributed by atoms with Crippen LogP contribution in [0.4, 0.5) is 5.69 Å². The number of carbonyl (C=O) groups is 3. The molecule has 1 N–H and O–H groups in total. The second-order valence-electron chi connectivity index (χ2n) is 6.69. The number of hydrogen-bond donors (Lipinski definition) is 1. The van der Waals surface area contributed by atoms with E-state index in [1.807, 2.05) is 31.2 Å². The average molecular weight is 380 g/mol. The smallest absolute Gasteiger partial charge is 0.274 e. The van der Waals surface area contributed by atoms with E-state index in [0.717, 1.165) is 17.7 Å². The molecule has 3 amide bonds. The normalized spacial score (nSPS) is 13.9. The van der Waals surface area contributed by atoms with Crippen LogP contribution in [0, 0.1) is 0 Å². The molecule has 0 bridgehead atoms. The van der Waals surface area contributed by atoms with Crippen LogP contribution in [0.25, 0.3) is 0 Å². The highest BCUT2D eigenvalue weighted by Crippen LogP contribution is 2.17. The van der Waals surface area contributed by atoms with Crippen molar-refractivity contribution in [2.75, 3.05) is 31.5 Å². The Bertz CT molecular complexity index is 889. The zero-order chi connectivity index (χ0) is 20.1. The van der Waals surface area contributed by atoms with Crippen LogP contribution < -0.4 is 5.32 Å². The maximum absolute atomic E-state index is 12.8. The minimum atomic E-state index is -0.350. The summed E-state index contributed by atoms with van der Waals surface area (Å²) in [7, 11) is 0. The van der Waals surface area contributed by atoms with E-state index in [1.54, 1.807) is 15.9 Å². The Morgan fingerprint density at radius 3 is 2.39 bits per heavy atom. The van der Waals surface area contributed by atoms with Crippen molar-refractivity contribution >= 4 is 23.4 Å². The van der Waals surface area contributed by atoms with Crippen LogP contribution >= 0.6 is 0 Å². The van der Waals surface area contributed by atoms with E-state index in [0.29, 0.717) is 31.7 Å². The van der Waals surface area contributed by atoms with Crippen LogP contribution in [-0.4, -0.2) is 58.7 Å². The van der Waals surface area contributed by atoms with Crippen molar-refractivity contribution < 1.29 is 14.4 Å². The summed E-state index contributed by atoms with van der Waals surface area (Å²) in [5.74, 6) is -0.493. The predicted octanol–water partition coefficient (Wildman–Crippen LogP) is 2.20. The van der Waals surface area contributed by atoms with Crippen molar-refractivity contribution in [1.29, 1.82) is 0 Å². The largest absolute Gasteiger partial charge is 0.339 e. The number of piperazine rings is 1. The van der Waals surface area contributed by atoms with Gasteiger partial charge in [-0.3, -0.25) is 19.4 Å². The Labute approximate surface area is 164 Å². The number of rotatable bonds is 4. The third kappa shape index (κ3) is 4.36. The number of para-hydroxylation sites is 1.